The van der Waals surface area contributed by atoms with Gasteiger partial charge in [-0.15, -0.1) is 0 Å². The Kier molecular flexibility index (Phi) is 9.44. The van der Waals surface area contributed by atoms with Gasteiger partial charge in [-0.2, -0.15) is 0 Å². The second kappa shape index (κ2) is 14.4. The molecule has 0 fully saturated rings. The van der Waals surface area contributed by atoms with E-state index in [4.69, 9.17) is 9.47 Å². The van der Waals surface area contributed by atoms with Gasteiger partial charge in [0.2, 0.25) is 0 Å². The summed E-state index contributed by atoms with van der Waals surface area (Å²) in [6.45, 7) is 2.05. The van der Waals surface area contributed by atoms with Crippen LogP contribution in [0.25, 0.3) is 0 Å². The van der Waals surface area contributed by atoms with E-state index in [1.165, 1.54) is 0 Å². The van der Waals surface area contributed by atoms with E-state index in [-0.39, 0.29) is 17.5 Å². The number of carbonyl (C=O) groups is 4. The van der Waals surface area contributed by atoms with Gasteiger partial charge in [0.25, 0.3) is 0 Å². The van der Waals surface area contributed by atoms with Crippen molar-refractivity contribution in [1.82, 2.24) is 0 Å². The molecule has 0 aliphatic carbocycles. The van der Waals surface area contributed by atoms with Gasteiger partial charge in [0.1, 0.15) is 11.5 Å². The molecule has 48 heavy (non-hydrogen) atoms. The molecular formula is C42H30O6. The highest BCUT2D eigenvalue weighted by Gasteiger charge is 2.15. The zero-order valence-corrected chi connectivity index (χ0v) is 26.0. The number of benzene rings is 6. The Bertz CT molecular complexity index is 1900. The minimum atomic E-state index is -0.517. The molecule has 0 spiro atoms. The molecule has 234 valence electrons. The summed E-state index contributed by atoms with van der Waals surface area (Å²) in [6, 6.07) is 45.3. The smallest absolute Gasteiger partial charge is 0.343 e. The Morgan fingerprint density at radius 1 is 0.375 bits per heavy atom. The van der Waals surface area contributed by atoms with Crippen LogP contribution in [0.1, 0.15) is 76.5 Å². The number of rotatable bonds is 10. The molecule has 0 atom stereocenters. The van der Waals surface area contributed by atoms with Crippen LogP contribution in [-0.4, -0.2) is 23.5 Å². The Morgan fingerprint density at radius 2 is 0.667 bits per heavy atom. The summed E-state index contributed by atoms with van der Waals surface area (Å²) in [5, 5.41) is 0. The molecule has 0 radical (unpaired) electrons. The van der Waals surface area contributed by atoms with Crippen molar-refractivity contribution in [2.75, 3.05) is 0 Å². The Labute approximate surface area is 278 Å². The van der Waals surface area contributed by atoms with Gasteiger partial charge < -0.3 is 9.47 Å². The maximum atomic E-state index is 12.7. The van der Waals surface area contributed by atoms with Gasteiger partial charge in [0, 0.05) is 28.2 Å². The van der Waals surface area contributed by atoms with E-state index in [2.05, 4.69) is 6.92 Å². The standard InChI is InChI=1S/C42H30O6/c1-28(29-20-24-37(25-21-29)47-41(45)35-16-12-33(13-17-35)39(43)31-8-4-2-5-9-31)30-22-26-38(27-23-30)48-42(46)36-18-14-34(15-19-36)40(44)32-10-6-3-7-11-32/h2-28H,1H3. The number of hydrogen-bond acceptors (Lipinski definition) is 6. The van der Waals surface area contributed by atoms with E-state index in [0.29, 0.717) is 44.9 Å². The summed E-state index contributed by atoms with van der Waals surface area (Å²) >= 11 is 0. The van der Waals surface area contributed by atoms with Gasteiger partial charge in [-0.25, -0.2) is 9.59 Å². The topological polar surface area (TPSA) is 86.7 Å². The second-order valence-corrected chi connectivity index (χ2v) is 11.2. The summed E-state index contributed by atoms with van der Waals surface area (Å²) in [7, 11) is 0. The van der Waals surface area contributed by atoms with Crippen LogP contribution in [0.4, 0.5) is 0 Å². The third-order valence-corrected chi connectivity index (χ3v) is 8.02. The van der Waals surface area contributed by atoms with Crippen LogP contribution in [-0.2, 0) is 0 Å². The molecule has 0 aliphatic heterocycles. The Balaban J connectivity index is 1.03. The van der Waals surface area contributed by atoms with Crippen molar-refractivity contribution in [3.05, 3.63) is 202 Å². The normalized spacial score (nSPS) is 10.7. The molecule has 0 amide bonds. The maximum absolute atomic E-state index is 12.7. The highest BCUT2D eigenvalue weighted by molar-refractivity contribution is 6.10. The van der Waals surface area contributed by atoms with E-state index < -0.39 is 11.9 Å². The molecular weight excluding hydrogens is 600 g/mol. The summed E-state index contributed by atoms with van der Waals surface area (Å²) in [4.78, 5) is 50.8. The van der Waals surface area contributed by atoms with Gasteiger partial charge in [0.05, 0.1) is 11.1 Å². The lowest BCUT2D eigenvalue weighted by Crippen LogP contribution is -2.09. The fourth-order valence-corrected chi connectivity index (χ4v) is 5.20. The average Bonchev–Trinajstić information content (AvgIpc) is 3.15. The van der Waals surface area contributed by atoms with Crippen LogP contribution in [0.5, 0.6) is 11.5 Å². The first-order valence-electron chi connectivity index (χ1n) is 15.4. The number of carbonyl (C=O) groups excluding carboxylic acids is 4. The summed E-state index contributed by atoms with van der Waals surface area (Å²) in [5.41, 5.74) is 4.84. The molecule has 0 bridgehead atoms. The summed E-state index contributed by atoms with van der Waals surface area (Å²) < 4.78 is 11.1. The molecule has 0 heterocycles. The van der Waals surface area contributed by atoms with E-state index in [9.17, 15) is 19.2 Å². The van der Waals surface area contributed by atoms with Crippen molar-refractivity contribution >= 4 is 23.5 Å². The lowest BCUT2D eigenvalue weighted by molar-refractivity contribution is 0.0725. The van der Waals surface area contributed by atoms with E-state index in [1.807, 2.05) is 60.7 Å². The van der Waals surface area contributed by atoms with Gasteiger partial charge in [-0.1, -0.05) is 116 Å². The Morgan fingerprint density at radius 3 is 1.00 bits per heavy atom. The molecule has 0 aliphatic rings. The molecule has 0 unspecified atom stereocenters. The van der Waals surface area contributed by atoms with Gasteiger partial charge in [0.15, 0.2) is 11.6 Å². The third kappa shape index (κ3) is 7.35. The van der Waals surface area contributed by atoms with Crippen molar-refractivity contribution < 1.29 is 28.7 Å². The first-order valence-corrected chi connectivity index (χ1v) is 15.4. The monoisotopic (exact) mass is 630 g/mol. The van der Waals surface area contributed by atoms with Crippen LogP contribution in [0.3, 0.4) is 0 Å². The highest BCUT2D eigenvalue weighted by Crippen LogP contribution is 2.28. The average molecular weight is 631 g/mol. The lowest BCUT2D eigenvalue weighted by Gasteiger charge is -2.14. The van der Waals surface area contributed by atoms with Gasteiger partial charge >= 0.3 is 11.9 Å². The number of ether oxygens (including phenoxy) is 2. The van der Waals surface area contributed by atoms with Gasteiger partial charge in [-0.05, 0) is 59.7 Å². The van der Waals surface area contributed by atoms with Crippen molar-refractivity contribution in [2.24, 2.45) is 0 Å². The summed E-state index contributed by atoms with van der Waals surface area (Å²) in [6.07, 6.45) is 0. The molecule has 0 saturated heterocycles. The predicted molar refractivity (Wildman–Crippen MR) is 183 cm³/mol. The molecule has 6 rings (SSSR count). The minimum absolute atomic E-state index is 0.0175. The maximum Gasteiger partial charge on any atom is 0.343 e. The van der Waals surface area contributed by atoms with Crippen molar-refractivity contribution in [1.29, 1.82) is 0 Å². The fourth-order valence-electron chi connectivity index (χ4n) is 5.20. The Hall–Kier alpha value is -6.40. The van der Waals surface area contributed by atoms with Crippen LogP contribution < -0.4 is 9.47 Å². The molecule has 6 heteroatoms. The van der Waals surface area contributed by atoms with Crippen LogP contribution >= 0.6 is 0 Å². The zero-order chi connectivity index (χ0) is 33.5. The highest BCUT2D eigenvalue weighted by atomic mass is 16.5. The van der Waals surface area contributed by atoms with Crippen LogP contribution in [0, 0.1) is 0 Å². The van der Waals surface area contributed by atoms with Crippen LogP contribution in [0.2, 0.25) is 0 Å². The second-order valence-electron chi connectivity index (χ2n) is 11.2. The van der Waals surface area contributed by atoms with E-state index >= 15 is 0 Å². The molecule has 0 N–H and O–H groups in total. The molecule has 6 nitrogen and oxygen atoms in total. The first-order chi connectivity index (χ1) is 23.4. The molecule has 6 aromatic rings. The van der Waals surface area contributed by atoms with E-state index in [0.717, 1.165) is 11.1 Å². The van der Waals surface area contributed by atoms with Crippen molar-refractivity contribution in [3.8, 4) is 11.5 Å². The zero-order valence-electron chi connectivity index (χ0n) is 26.0. The van der Waals surface area contributed by atoms with Crippen LogP contribution in [0.15, 0.2) is 158 Å². The fraction of sp³-hybridized carbons (Fsp3) is 0.0476. The third-order valence-electron chi connectivity index (χ3n) is 8.02. The predicted octanol–water partition coefficient (Wildman–Crippen LogP) is 8.74. The summed E-state index contributed by atoms with van der Waals surface area (Å²) in [5.74, 6) is -0.441. The van der Waals surface area contributed by atoms with E-state index in [1.54, 1.807) is 97.1 Å². The number of ketones is 2. The molecule has 0 aromatic heterocycles. The largest absolute Gasteiger partial charge is 0.423 e. The number of esters is 2. The molecule has 0 saturated carbocycles. The molecule has 6 aromatic carbocycles. The lowest BCUT2D eigenvalue weighted by atomic mass is 9.93. The number of hydrogen-bond donors (Lipinski definition) is 0. The first kappa shape index (κ1) is 31.6. The minimum Gasteiger partial charge on any atom is -0.423 e. The quantitative estimate of drug-likeness (QED) is 0.0855. The van der Waals surface area contributed by atoms with Crippen molar-refractivity contribution in [2.45, 2.75) is 12.8 Å². The van der Waals surface area contributed by atoms with Gasteiger partial charge in [-0.3, -0.25) is 9.59 Å². The van der Waals surface area contributed by atoms with Crippen molar-refractivity contribution in [3.63, 3.8) is 0 Å². The SMILES string of the molecule is CC(c1ccc(OC(=O)c2ccc(C(=O)c3ccccc3)cc2)cc1)c1ccc(OC(=O)c2ccc(C(=O)c3ccccc3)cc2)cc1.